The number of hydrogen-bond donors (Lipinski definition) is 1. The van der Waals surface area contributed by atoms with Crippen LogP contribution in [-0.4, -0.2) is 20.2 Å². The van der Waals surface area contributed by atoms with Crippen LogP contribution in [0.5, 0.6) is 0 Å². The Hall–Kier alpha value is -1.01. The molecule has 0 aliphatic rings. The molecule has 1 unspecified atom stereocenters. The van der Waals surface area contributed by atoms with Gasteiger partial charge in [-0.05, 0) is 24.5 Å². The molecule has 1 aromatic carbocycles. The van der Waals surface area contributed by atoms with Crippen molar-refractivity contribution in [2.45, 2.75) is 42.9 Å². The topological polar surface area (TPSA) is 60.2 Å². The zero-order chi connectivity index (χ0) is 13.8. The van der Waals surface area contributed by atoms with Crippen LogP contribution < -0.4 is 5.73 Å². The second-order valence-corrected chi connectivity index (χ2v) is 6.05. The second-order valence-electron chi connectivity index (χ2n) is 4.17. The third kappa shape index (κ3) is 3.49. The molecule has 0 radical (unpaired) electrons. The van der Waals surface area contributed by atoms with Crippen molar-refractivity contribution in [3.63, 3.8) is 0 Å². The van der Waals surface area contributed by atoms with Gasteiger partial charge < -0.3 is 5.73 Å². The molecule has 1 atom stereocenters. The van der Waals surface area contributed by atoms with Crippen LogP contribution in [0.3, 0.4) is 0 Å². The minimum atomic E-state index is -4.56. The van der Waals surface area contributed by atoms with E-state index in [1.165, 1.54) is 18.2 Å². The average molecular weight is 277 g/mol. The Balaban J connectivity index is 3.08. The second kappa shape index (κ2) is 6.24. The predicted octanol–water partition coefficient (Wildman–Crippen LogP) is 2.35. The van der Waals surface area contributed by atoms with Gasteiger partial charge in [-0.2, -0.15) is 8.78 Å². The number of nitrogens with two attached hydrogens (primary N) is 1. The van der Waals surface area contributed by atoms with E-state index in [9.17, 15) is 17.2 Å². The van der Waals surface area contributed by atoms with Gasteiger partial charge in [0.1, 0.15) is 0 Å². The molecule has 0 saturated heterocycles. The first kappa shape index (κ1) is 15.0. The van der Waals surface area contributed by atoms with Gasteiger partial charge >= 0.3 is 5.76 Å². The van der Waals surface area contributed by atoms with E-state index < -0.39 is 15.6 Å². The van der Waals surface area contributed by atoms with Crippen LogP contribution in [0.1, 0.15) is 25.3 Å². The number of alkyl halides is 2. The number of hydrogen-bond acceptors (Lipinski definition) is 3. The van der Waals surface area contributed by atoms with E-state index in [0.717, 1.165) is 12.8 Å². The molecule has 0 spiro atoms. The summed E-state index contributed by atoms with van der Waals surface area (Å²) in [6.07, 6.45) is 1.88. The zero-order valence-corrected chi connectivity index (χ0v) is 11.0. The summed E-state index contributed by atoms with van der Waals surface area (Å²) < 4.78 is 48.1. The van der Waals surface area contributed by atoms with Crippen LogP contribution in [0.4, 0.5) is 8.78 Å². The highest BCUT2D eigenvalue weighted by molar-refractivity contribution is 7.91. The smallest absolute Gasteiger partial charge is 0.327 e. The summed E-state index contributed by atoms with van der Waals surface area (Å²) in [6, 6.07) is 5.58. The summed E-state index contributed by atoms with van der Waals surface area (Å²) in [5.74, 6) is -3.40. The first-order chi connectivity index (χ1) is 8.39. The molecular weight excluding hydrogens is 260 g/mol. The van der Waals surface area contributed by atoms with E-state index >= 15 is 0 Å². The van der Waals surface area contributed by atoms with Crippen molar-refractivity contribution in [1.29, 1.82) is 0 Å². The molecule has 0 amide bonds. The molecule has 18 heavy (non-hydrogen) atoms. The van der Waals surface area contributed by atoms with Crippen LogP contribution >= 0.6 is 0 Å². The van der Waals surface area contributed by atoms with Crippen LogP contribution in [0, 0.1) is 0 Å². The van der Waals surface area contributed by atoms with Crippen molar-refractivity contribution in [2.24, 2.45) is 5.73 Å². The quantitative estimate of drug-likeness (QED) is 0.868. The van der Waals surface area contributed by atoms with Gasteiger partial charge in [-0.15, -0.1) is 0 Å². The highest BCUT2D eigenvalue weighted by Gasteiger charge is 2.28. The van der Waals surface area contributed by atoms with E-state index in [0.29, 0.717) is 5.56 Å². The van der Waals surface area contributed by atoms with Gasteiger partial charge in [0.15, 0.2) is 0 Å². The molecule has 0 bridgehead atoms. The van der Waals surface area contributed by atoms with Crippen molar-refractivity contribution in [3.8, 4) is 0 Å². The lowest BCUT2D eigenvalue weighted by atomic mass is 10.0. The van der Waals surface area contributed by atoms with Gasteiger partial charge in [0.05, 0.1) is 4.90 Å². The molecule has 102 valence electrons. The third-order valence-electron chi connectivity index (χ3n) is 2.66. The Bertz CT molecular complexity index is 489. The standard InChI is InChI=1S/C12H17F2NO2S/c1-2-5-10(15)8-9-6-3-4-7-11(9)18(16,17)12(13)14/h3-4,6-7,10,12H,2,5,8,15H2,1H3. The lowest BCUT2D eigenvalue weighted by Crippen LogP contribution is -2.24. The van der Waals surface area contributed by atoms with Crippen LogP contribution in [0.15, 0.2) is 29.2 Å². The molecule has 2 N–H and O–H groups in total. The first-order valence-corrected chi connectivity index (χ1v) is 7.29. The molecule has 1 rings (SSSR count). The molecule has 0 fully saturated rings. The van der Waals surface area contributed by atoms with E-state index in [1.807, 2.05) is 6.92 Å². The van der Waals surface area contributed by atoms with Crippen LogP contribution in [0.2, 0.25) is 0 Å². The normalized spacial score (nSPS) is 13.8. The van der Waals surface area contributed by atoms with E-state index in [1.54, 1.807) is 6.07 Å². The maximum Gasteiger partial charge on any atom is 0.341 e. The maximum absolute atomic E-state index is 12.5. The monoisotopic (exact) mass is 277 g/mol. The van der Waals surface area contributed by atoms with Crippen molar-refractivity contribution < 1.29 is 17.2 Å². The number of rotatable bonds is 6. The largest absolute Gasteiger partial charge is 0.341 e. The fourth-order valence-corrected chi connectivity index (χ4v) is 2.78. The van der Waals surface area contributed by atoms with E-state index in [4.69, 9.17) is 5.73 Å². The summed E-state index contributed by atoms with van der Waals surface area (Å²) in [5.41, 5.74) is 6.18. The van der Waals surface area contributed by atoms with Crippen molar-refractivity contribution in [2.75, 3.05) is 0 Å². The van der Waals surface area contributed by atoms with Crippen molar-refractivity contribution >= 4 is 9.84 Å². The Morgan fingerprint density at radius 1 is 1.28 bits per heavy atom. The third-order valence-corrected chi connectivity index (χ3v) is 4.14. The van der Waals surface area contributed by atoms with Crippen molar-refractivity contribution in [3.05, 3.63) is 29.8 Å². The average Bonchev–Trinajstić information content (AvgIpc) is 2.29. The minimum Gasteiger partial charge on any atom is -0.327 e. The summed E-state index contributed by atoms with van der Waals surface area (Å²) in [4.78, 5) is -0.313. The SMILES string of the molecule is CCCC(N)Cc1ccccc1S(=O)(=O)C(F)F. The Morgan fingerprint density at radius 2 is 1.89 bits per heavy atom. The molecule has 1 aromatic rings. The van der Waals surface area contributed by atoms with Crippen LogP contribution in [0.25, 0.3) is 0 Å². The zero-order valence-electron chi connectivity index (χ0n) is 10.1. The summed E-state index contributed by atoms with van der Waals surface area (Å²) in [5, 5.41) is 0. The first-order valence-electron chi connectivity index (χ1n) is 5.75. The number of sulfone groups is 1. The Labute approximate surface area is 106 Å². The fraction of sp³-hybridized carbons (Fsp3) is 0.500. The molecular formula is C12H17F2NO2S. The van der Waals surface area contributed by atoms with Gasteiger partial charge in [0.2, 0.25) is 9.84 Å². The number of halogens is 2. The molecule has 3 nitrogen and oxygen atoms in total. The lowest BCUT2D eigenvalue weighted by Gasteiger charge is -2.14. The predicted molar refractivity (Wildman–Crippen MR) is 66.2 cm³/mol. The highest BCUT2D eigenvalue weighted by atomic mass is 32.2. The highest BCUT2D eigenvalue weighted by Crippen LogP contribution is 2.23. The van der Waals surface area contributed by atoms with Gasteiger partial charge in [0, 0.05) is 6.04 Å². The molecule has 6 heteroatoms. The fourth-order valence-electron chi connectivity index (χ4n) is 1.80. The Morgan fingerprint density at radius 3 is 2.44 bits per heavy atom. The molecule has 0 aliphatic heterocycles. The Kier molecular flexibility index (Phi) is 5.22. The molecule has 0 aliphatic carbocycles. The van der Waals surface area contributed by atoms with Gasteiger partial charge in [-0.1, -0.05) is 31.5 Å². The van der Waals surface area contributed by atoms with E-state index in [-0.39, 0.29) is 17.4 Å². The summed E-state index contributed by atoms with van der Waals surface area (Å²) in [6.45, 7) is 1.96. The maximum atomic E-state index is 12.5. The van der Waals surface area contributed by atoms with Gasteiger partial charge in [-0.25, -0.2) is 8.42 Å². The lowest BCUT2D eigenvalue weighted by molar-refractivity contribution is 0.234. The molecule has 0 aromatic heterocycles. The summed E-state index contributed by atoms with van der Waals surface area (Å²) in [7, 11) is -4.56. The molecule has 0 heterocycles. The number of benzene rings is 1. The van der Waals surface area contributed by atoms with Crippen LogP contribution in [-0.2, 0) is 16.3 Å². The van der Waals surface area contributed by atoms with Crippen molar-refractivity contribution in [1.82, 2.24) is 0 Å². The summed E-state index contributed by atoms with van der Waals surface area (Å²) >= 11 is 0. The van der Waals surface area contributed by atoms with Gasteiger partial charge in [-0.3, -0.25) is 0 Å². The molecule has 0 saturated carbocycles. The van der Waals surface area contributed by atoms with Gasteiger partial charge in [0.25, 0.3) is 0 Å². The van der Waals surface area contributed by atoms with E-state index in [2.05, 4.69) is 0 Å². The minimum absolute atomic E-state index is 0.218.